The van der Waals surface area contributed by atoms with E-state index in [9.17, 15) is 4.79 Å². The molecule has 3 aromatic rings. The Morgan fingerprint density at radius 1 is 1.11 bits per heavy atom. The lowest BCUT2D eigenvalue weighted by Crippen LogP contribution is -2.05. The van der Waals surface area contributed by atoms with Crippen molar-refractivity contribution < 1.29 is 9.53 Å². The second-order valence-corrected chi connectivity index (χ2v) is 6.89. The maximum absolute atomic E-state index is 11.5. The number of hydrogen-bond acceptors (Lipinski definition) is 3. The molecule has 0 N–H and O–H groups in total. The summed E-state index contributed by atoms with van der Waals surface area (Å²) in [6.07, 6.45) is 2.87. The fourth-order valence-corrected chi connectivity index (χ4v) is 3.53. The van der Waals surface area contributed by atoms with Crippen LogP contribution < -0.4 is 0 Å². The normalized spacial score (nSPS) is 11.2. The SMILES string of the molecule is CCc1cccc(C)c1-n1c(C)cc(C=Nc2ccc(C(=O)OC)cc2)c1C. The van der Waals surface area contributed by atoms with Crippen molar-refractivity contribution in [2.45, 2.75) is 34.1 Å². The number of nitrogens with zero attached hydrogens (tertiary/aromatic N) is 2. The number of ether oxygens (including phenoxy) is 1. The number of carbonyl (C=O) groups is 1. The van der Waals surface area contributed by atoms with Crippen molar-refractivity contribution in [2.24, 2.45) is 4.99 Å². The average molecular weight is 374 g/mol. The minimum Gasteiger partial charge on any atom is -0.465 e. The van der Waals surface area contributed by atoms with Gasteiger partial charge in [-0.3, -0.25) is 4.99 Å². The van der Waals surface area contributed by atoms with Crippen LogP contribution in [0.25, 0.3) is 5.69 Å². The number of aromatic nitrogens is 1. The zero-order chi connectivity index (χ0) is 20.3. The smallest absolute Gasteiger partial charge is 0.337 e. The van der Waals surface area contributed by atoms with Crippen molar-refractivity contribution in [1.82, 2.24) is 4.57 Å². The highest BCUT2D eigenvalue weighted by Crippen LogP contribution is 2.26. The van der Waals surface area contributed by atoms with E-state index in [0.29, 0.717) is 5.56 Å². The summed E-state index contributed by atoms with van der Waals surface area (Å²) in [7, 11) is 1.38. The number of esters is 1. The van der Waals surface area contributed by atoms with Crippen LogP contribution in [0.5, 0.6) is 0 Å². The molecule has 0 aliphatic rings. The summed E-state index contributed by atoms with van der Waals surface area (Å²) >= 11 is 0. The van der Waals surface area contributed by atoms with Crippen LogP contribution in [-0.2, 0) is 11.2 Å². The molecule has 0 atom stereocenters. The highest BCUT2D eigenvalue weighted by atomic mass is 16.5. The molecule has 0 fully saturated rings. The number of aliphatic imine (C=N–C) groups is 1. The summed E-state index contributed by atoms with van der Waals surface area (Å²) in [6, 6.07) is 15.7. The topological polar surface area (TPSA) is 43.6 Å². The van der Waals surface area contributed by atoms with Crippen molar-refractivity contribution in [3.63, 3.8) is 0 Å². The minimum atomic E-state index is -0.343. The molecule has 0 spiro atoms. The summed E-state index contributed by atoms with van der Waals surface area (Å²) in [5, 5.41) is 0. The molecule has 1 heterocycles. The molecule has 0 aliphatic carbocycles. The zero-order valence-electron chi connectivity index (χ0n) is 17.1. The van der Waals surface area contributed by atoms with E-state index < -0.39 is 0 Å². The maximum atomic E-state index is 11.5. The van der Waals surface area contributed by atoms with Crippen molar-refractivity contribution in [3.05, 3.63) is 82.2 Å². The third-order valence-electron chi connectivity index (χ3n) is 5.04. The van der Waals surface area contributed by atoms with Gasteiger partial charge in [0.1, 0.15) is 0 Å². The fraction of sp³-hybridized carbons (Fsp3) is 0.250. The molecule has 0 aliphatic heterocycles. The highest BCUT2D eigenvalue weighted by molar-refractivity contribution is 5.90. The third kappa shape index (κ3) is 3.77. The Hall–Kier alpha value is -3.14. The van der Waals surface area contributed by atoms with Gasteiger partial charge >= 0.3 is 5.97 Å². The Labute approximate surface area is 166 Å². The van der Waals surface area contributed by atoms with E-state index in [-0.39, 0.29) is 5.97 Å². The van der Waals surface area contributed by atoms with Gasteiger partial charge in [0.15, 0.2) is 0 Å². The van der Waals surface area contributed by atoms with Crippen LogP contribution >= 0.6 is 0 Å². The van der Waals surface area contributed by atoms with Gasteiger partial charge in [0.2, 0.25) is 0 Å². The molecule has 0 saturated carbocycles. The van der Waals surface area contributed by atoms with E-state index >= 15 is 0 Å². The number of aryl methyl sites for hydroxylation is 3. The molecule has 1 aromatic heterocycles. The standard InChI is InChI=1S/C24H26N2O2/c1-6-19-9-7-8-16(2)23(19)26-17(3)14-21(18(26)4)15-25-22-12-10-20(11-13-22)24(27)28-5/h7-15H,6H2,1-5H3. The Bertz CT molecular complexity index is 1030. The molecule has 0 amide bonds. The van der Waals surface area contributed by atoms with E-state index in [1.807, 2.05) is 18.3 Å². The number of benzene rings is 2. The van der Waals surface area contributed by atoms with Crippen LogP contribution in [0.2, 0.25) is 0 Å². The third-order valence-corrected chi connectivity index (χ3v) is 5.04. The molecule has 144 valence electrons. The lowest BCUT2D eigenvalue weighted by molar-refractivity contribution is 0.0601. The fourth-order valence-electron chi connectivity index (χ4n) is 3.53. The van der Waals surface area contributed by atoms with E-state index in [4.69, 9.17) is 4.74 Å². The largest absolute Gasteiger partial charge is 0.465 e. The van der Waals surface area contributed by atoms with E-state index in [2.05, 4.69) is 61.5 Å². The Morgan fingerprint density at radius 3 is 2.46 bits per heavy atom. The van der Waals surface area contributed by atoms with Crippen LogP contribution in [0.15, 0.2) is 53.5 Å². The van der Waals surface area contributed by atoms with Crippen molar-refractivity contribution in [3.8, 4) is 5.69 Å². The van der Waals surface area contributed by atoms with Gasteiger partial charge in [-0.05, 0) is 68.7 Å². The average Bonchev–Trinajstić information content (AvgIpc) is 2.99. The van der Waals surface area contributed by atoms with Crippen LogP contribution in [0.3, 0.4) is 0 Å². The van der Waals surface area contributed by atoms with Crippen LogP contribution in [0, 0.1) is 20.8 Å². The Morgan fingerprint density at radius 2 is 1.82 bits per heavy atom. The van der Waals surface area contributed by atoms with Gasteiger partial charge in [0.25, 0.3) is 0 Å². The van der Waals surface area contributed by atoms with Gasteiger partial charge in [-0.15, -0.1) is 0 Å². The highest BCUT2D eigenvalue weighted by Gasteiger charge is 2.14. The van der Waals surface area contributed by atoms with Crippen LogP contribution in [0.4, 0.5) is 5.69 Å². The summed E-state index contributed by atoms with van der Waals surface area (Å²) in [4.78, 5) is 16.1. The molecule has 4 heteroatoms. The first-order valence-corrected chi connectivity index (χ1v) is 9.46. The first-order chi connectivity index (χ1) is 13.5. The molecule has 0 unspecified atom stereocenters. The minimum absolute atomic E-state index is 0.343. The second-order valence-electron chi connectivity index (χ2n) is 6.89. The predicted molar refractivity (Wildman–Crippen MR) is 114 cm³/mol. The Balaban J connectivity index is 1.95. The van der Waals surface area contributed by atoms with Gasteiger partial charge in [-0.25, -0.2) is 4.79 Å². The van der Waals surface area contributed by atoms with Gasteiger partial charge in [-0.2, -0.15) is 0 Å². The molecule has 0 saturated heterocycles. The molecule has 28 heavy (non-hydrogen) atoms. The maximum Gasteiger partial charge on any atom is 0.337 e. The predicted octanol–water partition coefficient (Wildman–Crippen LogP) is 5.50. The van der Waals surface area contributed by atoms with Crippen molar-refractivity contribution in [1.29, 1.82) is 0 Å². The second kappa shape index (κ2) is 8.26. The zero-order valence-corrected chi connectivity index (χ0v) is 17.1. The summed E-state index contributed by atoms with van der Waals surface area (Å²) in [6.45, 7) is 8.60. The summed E-state index contributed by atoms with van der Waals surface area (Å²) < 4.78 is 7.04. The molecular weight excluding hydrogens is 348 g/mol. The van der Waals surface area contributed by atoms with E-state index in [1.165, 1.54) is 29.6 Å². The van der Waals surface area contributed by atoms with Gasteiger partial charge in [-0.1, -0.05) is 25.1 Å². The molecule has 2 aromatic carbocycles. The number of methoxy groups -OCH3 is 1. The number of hydrogen-bond donors (Lipinski definition) is 0. The summed E-state index contributed by atoms with van der Waals surface area (Å²) in [5.74, 6) is -0.343. The van der Waals surface area contributed by atoms with Gasteiger partial charge < -0.3 is 9.30 Å². The molecule has 0 bridgehead atoms. The summed E-state index contributed by atoms with van der Waals surface area (Å²) in [5.41, 5.74) is 8.61. The molecular formula is C24H26N2O2. The Kier molecular flexibility index (Phi) is 5.78. The van der Waals surface area contributed by atoms with Crippen LogP contribution in [-0.4, -0.2) is 23.9 Å². The molecule has 4 nitrogen and oxygen atoms in total. The van der Waals surface area contributed by atoms with Crippen LogP contribution in [0.1, 0.15) is 45.4 Å². The lowest BCUT2D eigenvalue weighted by atomic mass is 10.1. The van der Waals surface area contributed by atoms with Crippen molar-refractivity contribution >= 4 is 17.9 Å². The lowest BCUT2D eigenvalue weighted by Gasteiger charge is -2.17. The molecule has 0 radical (unpaired) electrons. The molecule has 3 rings (SSSR count). The number of para-hydroxylation sites is 1. The van der Waals surface area contributed by atoms with E-state index in [1.54, 1.807) is 12.1 Å². The van der Waals surface area contributed by atoms with E-state index in [0.717, 1.165) is 23.4 Å². The van der Waals surface area contributed by atoms with Gasteiger partial charge in [0, 0.05) is 23.2 Å². The monoisotopic (exact) mass is 374 g/mol. The van der Waals surface area contributed by atoms with Crippen molar-refractivity contribution in [2.75, 3.05) is 7.11 Å². The first kappa shape index (κ1) is 19.6. The quantitative estimate of drug-likeness (QED) is 0.437. The van der Waals surface area contributed by atoms with Gasteiger partial charge in [0.05, 0.1) is 24.0 Å². The first-order valence-electron chi connectivity index (χ1n) is 9.46. The number of carbonyl (C=O) groups excluding carboxylic acids is 1. The number of rotatable bonds is 5.